The third-order valence-electron chi connectivity index (χ3n) is 3.21. The second kappa shape index (κ2) is 5.03. The van der Waals surface area contributed by atoms with Crippen molar-refractivity contribution in [3.05, 3.63) is 22.7 Å². The summed E-state index contributed by atoms with van der Waals surface area (Å²) >= 11 is 0. The molecule has 1 aliphatic heterocycles. The van der Waals surface area contributed by atoms with Crippen LogP contribution in [0, 0.1) is 5.92 Å². The minimum absolute atomic E-state index is 0.0791. The number of nitrogen functional groups attached to an aromatic ring is 1. The van der Waals surface area contributed by atoms with Crippen molar-refractivity contribution in [1.29, 1.82) is 0 Å². The molecule has 4 atom stereocenters. The monoisotopic (exact) mass is 257 g/mol. The van der Waals surface area contributed by atoms with Crippen LogP contribution in [0.3, 0.4) is 0 Å². The third-order valence-corrected chi connectivity index (χ3v) is 3.21. The molecule has 100 valence electrons. The number of hydrogen-bond acceptors (Lipinski definition) is 5. The summed E-state index contributed by atoms with van der Waals surface area (Å²) in [7, 11) is 0. The topological polar surface area (TPSA) is 90.4 Å². The zero-order chi connectivity index (χ0) is 13.3. The van der Waals surface area contributed by atoms with Gasteiger partial charge in [0.15, 0.2) is 12.4 Å². The van der Waals surface area contributed by atoms with Crippen molar-refractivity contribution < 1.29 is 14.2 Å². The lowest BCUT2D eigenvalue weighted by Gasteiger charge is -2.16. The lowest BCUT2D eigenvalue weighted by atomic mass is 9.98. The summed E-state index contributed by atoms with van der Waals surface area (Å²) in [5.74, 6) is -0.542. The number of halogens is 1. The Morgan fingerprint density at radius 3 is 2.89 bits per heavy atom. The van der Waals surface area contributed by atoms with Gasteiger partial charge in [-0.1, -0.05) is 6.92 Å². The summed E-state index contributed by atoms with van der Waals surface area (Å²) in [5.41, 5.74) is 4.71. The maximum atomic E-state index is 14.2. The third kappa shape index (κ3) is 2.11. The molecule has 0 amide bonds. The summed E-state index contributed by atoms with van der Waals surface area (Å²) in [4.78, 5) is 15.2. The van der Waals surface area contributed by atoms with E-state index >= 15 is 0 Å². The van der Waals surface area contributed by atoms with E-state index in [4.69, 9.17) is 10.5 Å². The summed E-state index contributed by atoms with van der Waals surface area (Å²) in [6.07, 6.45) is -0.969. The summed E-state index contributed by atoms with van der Waals surface area (Å²) in [6, 6.07) is 1.41. The first kappa shape index (κ1) is 13.0. The van der Waals surface area contributed by atoms with E-state index in [0.717, 1.165) is 4.57 Å². The number of hydrogen-bond donors (Lipinski definition) is 2. The maximum absolute atomic E-state index is 14.2. The quantitative estimate of drug-likeness (QED) is 0.800. The molecule has 3 N–H and O–H groups in total. The van der Waals surface area contributed by atoms with Crippen LogP contribution in [0.25, 0.3) is 0 Å². The SMILES string of the molecule is CC[C@@H]1O[C@H](n2ccc(N)nc2=O)[C@H](F)[C@H]1CO. The Kier molecular flexibility index (Phi) is 3.63. The van der Waals surface area contributed by atoms with Gasteiger partial charge in [0.05, 0.1) is 12.7 Å². The molecule has 1 aliphatic rings. The summed E-state index contributed by atoms with van der Waals surface area (Å²) in [5, 5.41) is 9.17. The predicted molar refractivity (Wildman–Crippen MR) is 62.6 cm³/mol. The number of nitrogens with zero attached hydrogens (tertiary/aromatic N) is 2. The van der Waals surface area contributed by atoms with Gasteiger partial charge in [-0.15, -0.1) is 0 Å². The smallest absolute Gasteiger partial charge is 0.351 e. The van der Waals surface area contributed by atoms with Crippen LogP contribution in [0.2, 0.25) is 0 Å². The van der Waals surface area contributed by atoms with Crippen molar-refractivity contribution in [1.82, 2.24) is 9.55 Å². The van der Waals surface area contributed by atoms with Gasteiger partial charge in [-0.05, 0) is 12.5 Å². The van der Waals surface area contributed by atoms with Gasteiger partial charge in [-0.3, -0.25) is 4.57 Å². The lowest BCUT2D eigenvalue weighted by molar-refractivity contribution is -0.0247. The second-order valence-corrected chi connectivity index (χ2v) is 4.31. The number of aliphatic hydroxyl groups excluding tert-OH is 1. The number of aromatic nitrogens is 2. The molecule has 18 heavy (non-hydrogen) atoms. The zero-order valence-corrected chi connectivity index (χ0v) is 9.99. The number of aliphatic hydroxyl groups is 1. The maximum Gasteiger partial charge on any atom is 0.351 e. The molecule has 1 aromatic heterocycles. The van der Waals surface area contributed by atoms with E-state index in [2.05, 4.69) is 4.98 Å². The van der Waals surface area contributed by atoms with E-state index in [1.165, 1.54) is 12.3 Å². The molecule has 7 heteroatoms. The highest BCUT2D eigenvalue weighted by Gasteiger charge is 2.45. The first-order valence-electron chi connectivity index (χ1n) is 5.83. The number of alkyl halides is 1. The van der Waals surface area contributed by atoms with E-state index < -0.39 is 30.1 Å². The first-order chi connectivity index (χ1) is 8.58. The van der Waals surface area contributed by atoms with Gasteiger partial charge in [0.2, 0.25) is 0 Å². The first-order valence-corrected chi connectivity index (χ1v) is 5.83. The molecule has 0 aliphatic carbocycles. The largest absolute Gasteiger partial charge is 0.396 e. The number of ether oxygens (including phenoxy) is 1. The van der Waals surface area contributed by atoms with Gasteiger partial charge in [-0.25, -0.2) is 9.18 Å². The van der Waals surface area contributed by atoms with Crippen LogP contribution in [-0.4, -0.2) is 33.5 Å². The van der Waals surface area contributed by atoms with Crippen LogP contribution in [0.4, 0.5) is 10.2 Å². The molecule has 2 heterocycles. The van der Waals surface area contributed by atoms with Crippen LogP contribution in [0.5, 0.6) is 0 Å². The molecule has 0 radical (unpaired) electrons. The van der Waals surface area contributed by atoms with Gasteiger partial charge in [0.1, 0.15) is 5.82 Å². The van der Waals surface area contributed by atoms with E-state index in [1.807, 2.05) is 6.92 Å². The fraction of sp³-hybridized carbons (Fsp3) is 0.636. The van der Waals surface area contributed by atoms with E-state index in [1.54, 1.807) is 0 Å². The van der Waals surface area contributed by atoms with Crippen LogP contribution in [0.15, 0.2) is 17.1 Å². The Morgan fingerprint density at radius 1 is 1.67 bits per heavy atom. The number of anilines is 1. The standard InChI is InChI=1S/C11H16FN3O3/c1-2-7-6(5-16)9(12)10(18-7)15-4-3-8(13)14-11(15)17/h3-4,6-7,9-10,16H,2,5H2,1H3,(H2,13,14,17)/t6-,7-,9+,10-/m0/s1. The Labute approximate surface area is 103 Å². The van der Waals surface area contributed by atoms with Gasteiger partial charge in [0, 0.05) is 12.1 Å². The highest BCUT2D eigenvalue weighted by atomic mass is 19.1. The van der Waals surface area contributed by atoms with Gasteiger partial charge >= 0.3 is 5.69 Å². The van der Waals surface area contributed by atoms with Crippen molar-refractivity contribution in [2.24, 2.45) is 5.92 Å². The van der Waals surface area contributed by atoms with Crippen molar-refractivity contribution >= 4 is 5.82 Å². The molecular weight excluding hydrogens is 241 g/mol. The number of rotatable bonds is 3. The molecule has 0 saturated carbocycles. The van der Waals surface area contributed by atoms with Crippen LogP contribution in [-0.2, 0) is 4.74 Å². The van der Waals surface area contributed by atoms with Crippen molar-refractivity contribution in [2.45, 2.75) is 31.8 Å². The molecule has 0 spiro atoms. The van der Waals surface area contributed by atoms with Crippen molar-refractivity contribution in [2.75, 3.05) is 12.3 Å². The normalized spacial score (nSPS) is 31.7. The fourth-order valence-electron chi connectivity index (χ4n) is 2.23. The van der Waals surface area contributed by atoms with E-state index in [9.17, 15) is 14.3 Å². The average Bonchev–Trinajstić information content (AvgIpc) is 2.66. The van der Waals surface area contributed by atoms with Crippen molar-refractivity contribution in [3.8, 4) is 0 Å². The number of nitrogens with two attached hydrogens (primary N) is 1. The van der Waals surface area contributed by atoms with Crippen molar-refractivity contribution in [3.63, 3.8) is 0 Å². The Hall–Kier alpha value is -1.47. The minimum Gasteiger partial charge on any atom is -0.396 e. The molecule has 2 rings (SSSR count). The second-order valence-electron chi connectivity index (χ2n) is 4.31. The van der Waals surface area contributed by atoms with Crippen LogP contribution < -0.4 is 11.4 Å². The Bertz CT molecular complexity index is 479. The molecule has 0 bridgehead atoms. The molecule has 0 unspecified atom stereocenters. The molecular formula is C11H16FN3O3. The minimum atomic E-state index is -1.44. The Morgan fingerprint density at radius 2 is 2.39 bits per heavy atom. The van der Waals surface area contributed by atoms with E-state index in [0.29, 0.717) is 6.42 Å². The molecule has 1 saturated heterocycles. The predicted octanol–water partition coefficient (Wildman–Crippen LogP) is 0.0795. The van der Waals surface area contributed by atoms with Gasteiger partial charge in [-0.2, -0.15) is 4.98 Å². The summed E-state index contributed by atoms with van der Waals surface area (Å²) < 4.78 is 20.7. The highest BCUT2D eigenvalue weighted by Crippen LogP contribution is 2.36. The van der Waals surface area contributed by atoms with E-state index in [-0.39, 0.29) is 12.4 Å². The molecule has 0 aromatic carbocycles. The van der Waals surface area contributed by atoms with Crippen LogP contribution in [0.1, 0.15) is 19.6 Å². The Balaban J connectivity index is 2.32. The average molecular weight is 257 g/mol. The molecule has 1 aromatic rings. The lowest BCUT2D eigenvalue weighted by Crippen LogP contribution is -2.32. The molecule has 6 nitrogen and oxygen atoms in total. The van der Waals surface area contributed by atoms with Gasteiger partial charge in [0.25, 0.3) is 0 Å². The fourth-order valence-corrected chi connectivity index (χ4v) is 2.23. The summed E-state index contributed by atoms with van der Waals surface area (Å²) in [6.45, 7) is 1.53. The van der Waals surface area contributed by atoms with Gasteiger partial charge < -0.3 is 15.6 Å². The zero-order valence-electron chi connectivity index (χ0n) is 9.99. The van der Waals surface area contributed by atoms with Crippen LogP contribution >= 0.6 is 0 Å². The highest BCUT2D eigenvalue weighted by molar-refractivity contribution is 5.23. The molecule has 1 fully saturated rings.